The first kappa shape index (κ1) is 13.9. The fourth-order valence-electron chi connectivity index (χ4n) is 2.31. The molecule has 0 unspecified atom stereocenters. The van der Waals surface area contributed by atoms with E-state index < -0.39 is 5.97 Å². The van der Waals surface area contributed by atoms with Crippen LogP contribution in [-0.2, 0) is 4.79 Å². The number of aliphatic carboxylic acids is 1. The van der Waals surface area contributed by atoms with Gasteiger partial charge in [-0.25, -0.2) is 0 Å². The topological polar surface area (TPSA) is 49.8 Å². The van der Waals surface area contributed by atoms with Crippen LogP contribution in [0.1, 0.15) is 24.8 Å². The zero-order valence-electron chi connectivity index (χ0n) is 11.3. The number of nitrogens with zero attached hydrogens (tertiary/aromatic N) is 1. The van der Waals surface area contributed by atoms with Crippen molar-refractivity contribution in [1.82, 2.24) is 4.90 Å². The highest BCUT2D eigenvalue weighted by Crippen LogP contribution is 2.19. The minimum atomic E-state index is -0.724. The Kier molecular flexibility index (Phi) is 4.80. The van der Waals surface area contributed by atoms with Crippen LogP contribution in [-0.4, -0.2) is 41.7 Å². The van der Waals surface area contributed by atoms with Crippen LogP contribution < -0.4 is 4.74 Å². The number of piperidine rings is 1. The zero-order chi connectivity index (χ0) is 13.7. The molecule has 0 aromatic heterocycles. The largest absolute Gasteiger partial charge is 0.490 e. The monoisotopic (exact) mass is 263 g/mol. The Bertz CT molecular complexity index is 408. The van der Waals surface area contributed by atoms with Crippen molar-refractivity contribution in [2.75, 3.05) is 19.6 Å². The van der Waals surface area contributed by atoms with Crippen molar-refractivity contribution >= 4 is 5.97 Å². The van der Waals surface area contributed by atoms with Gasteiger partial charge in [-0.3, -0.25) is 4.79 Å². The van der Waals surface area contributed by atoms with Crippen molar-refractivity contribution in [3.63, 3.8) is 0 Å². The van der Waals surface area contributed by atoms with E-state index in [1.165, 1.54) is 5.56 Å². The van der Waals surface area contributed by atoms with Crippen LogP contribution >= 0.6 is 0 Å². The van der Waals surface area contributed by atoms with E-state index in [-0.39, 0.29) is 12.5 Å². The van der Waals surface area contributed by atoms with Crippen molar-refractivity contribution in [3.8, 4) is 5.75 Å². The number of rotatable bonds is 5. The van der Waals surface area contributed by atoms with Crippen LogP contribution in [0.15, 0.2) is 24.3 Å². The van der Waals surface area contributed by atoms with Crippen molar-refractivity contribution in [3.05, 3.63) is 29.8 Å². The minimum absolute atomic E-state index is 0.226. The molecule has 1 aromatic rings. The van der Waals surface area contributed by atoms with Gasteiger partial charge in [-0.15, -0.1) is 0 Å². The van der Waals surface area contributed by atoms with Crippen molar-refractivity contribution in [2.45, 2.75) is 32.3 Å². The maximum absolute atomic E-state index is 10.5. The van der Waals surface area contributed by atoms with Gasteiger partial charge in [0, 0.05) is 19.6 Å². The number of carboxylic acids is 1. The van der Waals surface area contributed by atoms with Gasteiger partial charge in [0.15, 0.2) is 0 Å². The molecule has 1 saturated heterocycles. The summed E-state index contributed by atoms with van der Waals surface area (Å²) in [6.07, 6.45) is 2.41. The van der Waals surface area contributed by atoms with Gasteiger partial charge in [-0.05, 0) is 31.9 Å². The molecule has 1 fully saturated rings. The average molecular weight is 263 g/mol. The molecule has 0 aliphatic carbocycles. The second-order valence-electron chi connectivity index (χ2n) is 5.12. The standard InChI is InChI=1S/C15H21NO3/c1-12-2-4-13(5-3-12)19-14-6-9-16(10-7-14)11-8-15(17)18/h2-5,14H,6-11H2,1H3,(H,17,18). The Morgan fingerprint density at radius 3 is 2.53 bits per heavy atom. The van der Waals surface area contributed by atoms with Crippen molar-refractivity contribution in [1.29, 1.82) is 0 Å². The molecule has 1 aliphatic rings. The van der Waals surface area contributed by atoms with Gasteiger partial charge in [-0.2, -0.15) is 0 Å². The predicted molar refractivity (Wildman–Crippen MR) is 73.5 cm³/mol. The Hall–Kier alpha value is -1.55. The van der Waals surface area contributed by atoms with E-state index in [1.54, 1.807) is 0 Å². The number of aryl methyl sites for hydroxylation is 1. The maximum Gasteiger partial charge on any atom is 0.304 e. The lowest BCUT2D eigenvalue weighted by Crippen LogP contribution is -2.39. The van der Waals surface area contributed by atoms with Crippen molar-refractivity contribution < 1.29 is 14.6 Å². The summed E-state index contributed by atoms with van der Waals surface area (Å²) < 4.78 is 5.94. The fraction of sp³-hybridized carbons (Fsp3) is 0.533. The molecule has 0 saturated carbocycles. The van der Waals surface area contributed by atoms with E-state index in [0.29, 0.717) is 6.54 Å². The lowest BCUT2D eigenvalue weighted by molar-refractivity contribution is -0.137. The van der Waals surface area contributed by atoms with E-state index in [1.807, 2.05) is 12.1 Å². The van der Waals surface area contributed by atoms with Gasteiger partial charge in [0.05, 0.1) is 6.42 Å². The fourth-order valence-corrected chi connectivity index (χ4v) is 2.31. The summed E-state index contributed by atoms with van der Waals surface area (Å²) in [5, 5.41) is 8.66. The van der Waals surface area contributed by atoms with E-state index in [0.717, 1.165) is 31.7 Å². The quantitative estimate of drug-likeness (QED) is 0.885. The highest BCUT2D eigenvalue weighted by atomic mass is 16.5. The van der Waals surface area contributed by atoms with Crippen LogP contribution in [0.5, 0.6) is 5.75 Å². The average Bonchev–Trinajstić information content (AvgIpc) is 2.40. The molecule has 4 heteroatoms. The molecule has 1 aliphatic heterocycles. The van der Waals surface area contributed by atoms with Gasteiger partial charge in [0.2, 0.25) is 0 Å². The van der Waals surface area contributed by atoms with E-state index in [9.17, 15) is 4.79 Å². The highest BCUT2D eigenvalue weighted by molar-refractivity contribution is 5.66. The molecule has 1 aromatic carbocycles. The number of hydrogen-bond donors (Lipinski definition) is 1. The number of hydrogen-bond acceptors (Lipinski definition) is 3. The third-order valence-electron chi connectivity index (χ3n) is 3.50. The summed E-state index contributed by atoms with van der Waals surface area (Å²) in [5.41, 5.74) is 1.23. The second-order valence-corrected chi connectivity index (χ2v) is 5.12. The van der Waals surface area contributed by atoms with Gasteiger partial charge in [-0.1, -0.05) is 17.7 Å². The molecule has 1 heterocycles. The van der Waals surface area contributed by atoms with E-state index in [2.05, 4.69) is 24.0 Å². The molecule has 104 valence electrons. The third-order valence-corrected chi connectivity index (χ3v) is 3.50. The first-order valence-corrected chi connectivity index (χ1v) is 6.81. The van der Waals surface area contributed by atoms with E-state index >= 15 is 0 Å². The van der Waals surface area contributed by atoms with Gasteiger partial charge >= 0.3 is 5.97 Å². The summed E-state index contributed by atoms with van der Waals surface area (Å²) in [4.78, 5) is 12.7. The first-order chi connectivity index (χ1) is 9.13. The van der Waals surface area contributed by atoms with Crippen LogP contribution in [0.3, 0.4) is 0 Å². The number of likely N-dealkylation sites (tertiary alicyclic amines) is 1. The minimum Gasteiger partial charge on any atom is -0.490 e. The van der Waals surface area contributed by atoms with Crippen LogP contribution in [0.25, 0.3) is 0 Å². The first-order valence-electron chi connectivity index (χ1n) is 6.81. The molecule has 2 rings (SSSR count). The predicted octanol–water partition coefficient (Wildman–Crippen LogP) is 2.31. The summed E-state index contributed by atoms with van der Waals surface area (Å²) in [6, 6.07) is 8.12. The maximum atomic E-state index is 10.5. The summed E-state index contributed by atoms with van der Waals surface area (Å²) in [6.45, 7) is 4.55. The lowest BCUT2D eigenvalue weighted by atomic mass is 10.1. The molecule has 19 heavy (non-hydrogen) atoms. The molecular formula is C15H21NO3. The van der Waals surface area contributed by atoms with E-state index in [4.69, 9.17) is 9.84 Å². The SMILES string of the molecule is Cc1ccc(OC2CCN(CCC(=O)O)CC2)cc1. The molecule has 0 atom stereocenters. The molecule has 4 nitrogen and oxygen atoms in total. The third kappa shape index (κ3) is 4.56. The molecule has 0 bridgehead atoms. The molecule has 0 spiro atoms. The summed E-state index contributed by atoms with van der Waals surface area (Å²) >= 11 is 0. The zero-order valence-corrected chi connectivity index (χ0v) is 11.3. The van der Waals surface area contributed by atoms with Crippen LogP contribution in [0, 0.1) is 6.92 Å². The highest BCUT2D eigenvalue weighted by Gasteiger charge is 2.20. The Balaban J connectivity index is 1.74. The van der Waals surface area contributed by atoms with Crippen molar-refractivity contribution in [2.24, 2.45) is 0 Å². The summed E-state index contributed by atoms with van der Waals surface area (Å²) in [7, 11) is 0. The molecule has 0 radical (unpaired) electrons. The number of benzene rings is 1. The lowest BCUT2D eigenvalue weighted by Gasteiger charge is -2.31. The smallest absolute Gasteiger partial charge is 0.304 e. The van der Waals surface area contributed by atoms with Crippen LogP contribution in [0.2, 0.25) is 0 Å². The van der Waals surface area contributed by atoms with Gasteiger partial charge in [0.25, 0.3) is 0 Å². The molecule has 0 amide bonds. The Morgan fingerprint density at radius 2 is 1.95 bits per heavy atom. The van der Waals surface area contributed by atoms with Gasteiger partial charge < -0.3 is 14.7 Å². The normalized spacial score (nSPS) is 17.3. The van der Waals surface area contributed by atoms with Gasteiger partial charge in [0.1, 0.15) is 11.9 Å². The van der Waals surface area contributed by atoms with Crippen LogP contribution in [0.4, 0.5) is 0 Å². The Labute approximate surface area is 114 Å². The number of ether oxygens (including phenoxy) is 1. The molecule has 1 N–H and O–H groups in total. The second kappa shape index (κ2) is 6.57. The Morgan fingerprint density at radius 1 is 1.32 bits per heavy atom. The number of carboxylic acid groups (broad SMARTS) is 1. The molecular weight excluding hydrogens is 242 g/mol. The number of carbonyl (C=O) groups is 1. The summed E-state index contributed by atoms with van der Waals surface area (Å²) in [5.74, 6) is 0.201.